The Hall–Kier alpha value is -5.23. The van der Waals surface area contributed by atoms with Crippen LogP contribution in [0.5, 0.6) is 5.75 Å². The van der Waals surface area contributed by atoms with Crippen LogP contribution in [0.25, 0.3) is 33.6 Å². The van der Waals surface area contributed by atoms with Crippen LogP contribution in [0, 0.1) is 0 Å². The summed E-state index contributed by atoms with van der Waals surface area (Å²) in [5, 5.41) is 15.4. The van der Waals surface area contributed by atoms with Gasteiger partial charge in [0.25, 0.3) is 5.89 Å². The molecule has 0 saturated carbocycles. The smallest absolute Gasteiger partial charge is 0.251 e. The van der Waals surface area contributed by atoms with Crippen molar-refractivity contribution in [3.05, 3.63) is 67.3 Å². The Balaban J connectivity index is 1.44. The molecule has 0 bridgehead atoms. The molecule has 0 atom stereocenters. The number of benzene rings is 2. The first-order valence-corrected chi connectivity index (χ1v) is 14.4. The molecule has 12 nitrogen and oxygen atoms in total. The first kappa shape index (κ1) is 28.9. The lowest BCUT2D eigenvalue weighted by molar-refractivity contribution is -0.111. The number of carbonyl (C=O) groups is 1. The maximum absolute atomic E-state index is 12.4. The molecule has 0 radical (unpaired) electrons. The molecule has 2 aromatic carbocycles. The second-order valence-corrected chi connectivity index (χ2v) is 11.0. The van der Waals surface area contributed by atoms with Gasteiger partial charge in [-0.25, -0.2) is 9.97 Å². The summed E-state index contributed by atoms with van der Waals surface area (Å²) in [6.07, 6.45) is 8.48. The fraction of sp³-hybridized carbons (Fsp3) is 0.281. The highest BCUT2D eigenvalue weighted by Gasteiger charge is 2.23. The van der Waals surface area contributed by atoms with E-state index in [4.69, 9.17) is 14.1 Å². The third-order valence-corrected chi connectivity index (χ3v) is 7.76. The first-order chi connectivity index (χ1) is 21.4. The lowest BCUT2D eigenvalue weighted by atomic mass is 10.0. The molecule has 5 aromatic rings. The topological polar surface area (TPSA) is 126 Å². The van der Waals surface area contributed by atoms with Crippen LogP contribution in [0.2, 0.25) is 0 Å². The number of amides is 1. The number of aromatic nitrogens is 5. The standard InChI is InChI=1S/C32H35N9O3/c1-6-28(42)35-24-15-25(27(43-5)16-26(24)40(4)14-13-39(2)3)36-32-33-17-22(31-38-34-19-44-31)29(37-32)23-18-41-12-8-10-20-9-7-11-21(23)30(20)41/h6-7,9,11,15-19H,1,8,10,12-14H2,2-5H3,(H,35,42)(H,33,36,37). The van der Waals surface area contributed by atoms with Crippen molar-refractivity contribution in [2.75, 3.05) is 56.9 Å². The Kier molecular flexibility index (Phi) is 7.99. The highest BCUT2D eigenvalue weighted by atomic mass is 16.5. The molecular weight excluding hydrogens is 558 g/mol. The van der Waals surface area contributed by atoms with Crippen LogP contribution in [0.3, 0.4) is 0 Å². The van der Waals surface area contributed by atoms with Crippen LogP contribution in [-0.2, 0) is 17.8 Å². The summed E-state index contributed by atoms with van der Waals surface area (Å²) < 4.78 is 13.7. The third-order valence-electron chi connectivity index (χ3n) is 7.76. The van der Waals surface area contributed by atoms with Crippen LogP contribution in [-0.4, -0.2) is 76.9 Å². The Morgan fingerprint density at radius 1 is 1.18 bits per heavy atom. The van der Waals surface area contributed by atoms with Crippen molar-refractivity contribution in [1.29, 1.82) is 0 Å². The van der Waals surface area contributed by atoms with Gasteiger partial charge in [-0.1, -0.05) is 24.8 Å². The molecule has 2 N–H and O–H groups in total. The lowest BCUT2D eigenvalue weighted by Crippen LogP contribution is -2.29. The van der Waals surface area contributed by atoms with Gasteiger partial charge in [0.1, 0.15) is 5.75 Å². The van der Waals surface area contributed by atoms with E-state index < -0.39 is 0 Å². The van der Waals surface area contributed by atoms with Crippen molar-refractivity contribution in [1.82, 2.24) is 29.6 Å². The number of hydrogen-bond acceptors (Lipinski definition) is 10. The minimum absolute atomic E-state index is 0.320. The largest absolute Gasteiger partial charge is 0.494 e. The maximum Gasteiger partial charge on any atom is 0.251 e. The van der Waals surface area contributed by atoms with Gasteiger partial charge in [0.2, 0.25) is 18.2 Å². The number of hydrogen-bond donors (Lipinski definition) is 2. The molecule has 1 aliphatic rings. The highest BCUT2D eigenvalue weighted by molar-refractivity contribution is 6.02. The van der Waals surface area contributed by atoms with Crippen LogP contribution < -0.4 is 20.3 Å². The first-order valence-electron chi connectivity index (χ1n) is 14.4. The summed E-state index contributed by atoms with van der Waals surface area (Å²) in [5.41, 5.74) is 6.75. The van der Waals surface area contributed by atoms with Crippen molar-refractivity contribution >= 4 is 39.8 Å². The molecule has 0 saturated heterocycles. The molecule has 44 heavy (non-hydrogen) atoms. The SMILES string of the molecule is C=CC(=O)Nc1cc(Nc2ncc(-c3nnco3)c(-c3cn4c5c(cccc35)CCC4)n2)c(OC)cc1N(C)CCN(C)C. The predicted molar refractivity (Wildman–Crippen MR) is 172 cm³/mol. The third kappa shape index (κ3) is 5.59. The Bertz CT molecular complexity index is 1830. The summed E-state index contributed by atoms with van der Waals surface area (Å²) in [7, 11) is 7.61. The number of nitrogens with one attached hydrogen (secondary N) is 2. The van der Waals surface area contributed by atoms with Gasteiger partial charge >= 0.3 is 0 Å². The number of para-hydroxylation sites is 1. The number of nitrogens with zero attached hydrogens (tertiary/aromatic N) is 7. The normalized spacial score (nSPS) is 12.4. The van der Waals surface area contributed by atoms with Gasteiger partial charge in [-0.2, -0.15) is 0 Å². The van der Waals surface area contributed by atoms with Gasteiger partial charge in [-0.3, -0.25) is 4.79 Å². The fourth-order valence-corrected chi connectivity index (χ4v) is 5.56. The second kappa shape index (κ2) is 12.2. The maximum atomic E-state index is 12.4. The number of rotatable bonds is 11. The molecule has 1 aliphatic heterocycles. The molecule has 12 heteroatoms. The van der Waals surface area contributed by atoms with E-state index in [0.29, 0.717) is 40.2 Å². The predicted octanol–water partition coefficient (Wildman–Crippen LogP) is 4.97. The molecular formula is C32H35N9O3. The van der Waals surface area contributed by atoms with Crippen molar-refractivity contribution in [2.24, 2.45) is 0 Å². The van der Waals surface area contributed by atoms with E-state index >= 15 is 0 Å². The van der Waals surface area contributed by atoms with Gasteiger partial charge < -0.3 is 34.2 Å². The minimum Gasteiger partial charge on any atom is -0.494 e. The zero-order chi connectivity index (χ0) is 30.8. The van der Waals surface area contributed by atoms with Crippen molar-refractivity contribution in [2.45, 2.75) is 19.4 Å². The summed E-state index contributed by atoms with van der Waals surface area (Å²) >= 11 is 0. The van der Waals surface area contributed by atoms with E-state index in [1.807, 2.05) is 33.3 Å². The van der Waals surface area contributed by atoms with E-state index in [9.17, 15) is 4.79 Å². The zero-order valence-corrected chi connectivity index (χ0v) is 25.3. The molecule has 0 spiro atoms. The number of carbonyl (C=O) groups excluding carboxylic acids is 1. The van der Waals surface area contributed by atoms with E-state index in [-0.39, 0.29) is 5.91 Å². The second-order valence-electron chi connectivity index (χ2n) is 11.0. The number of methoxy groups -OCH3 is 1. The lowest BCUT2D eigenvalue weighted by Gasteiger charge is -2.26. The van der Waals surface area contributed by atoms with Gasteiger partial charge in [-0.05, 0) is 44.6 Å². The highest BCUT2D eigenvalue weighted by Crippen LogP contribution is 2.41. The van der Waals surface area contributed by atoms with Gasteiger partial charge in [0, 0.05) is 56.1 Å². The van der Waals surface area contributed by atoms with Crippen LogP contribution in [0.1, 0.15) is 12.0 Å². The average molecular weight is 594 g/mol. The summed E-state index contributed by atoms with van der Waals surface area (Å²) in [6, 6.07) is 10.1. The minimum atomic E-state index is -0.320. The zero-order valence-electron chi connectivity index (χ0n) is 25.3. The van der Waals surface area contributed by atoms with E-state index in [1.165, 1.54) is 23.5 Å². The van der Waals surface area contributed by atoms with E-state index in [1.54, 1.807) is 13.3 Å². The monoisotopic (exact) mass is 593 g/mol. The number of ether oxygens (including phenoxy) is 1. The Morgan fingerprint density at radius 3 is 2.80 bits per heavy atom. The Labute approximate surface area is 255 Å². The molecule has 0 aliphatic carbocycles. The average Bonchev–Trinajstić information content (AvgIpc) is 3.70. The van der Waals surface area contributed by atoms with Crippen molar-refractivity contribution in [3.63, 3.8) is 0 Å². The van der Waals surface area contributed by atoms with Gasteiger partial charge in [0.05, 0.1) is 40.9 Å². The molecule has 226 valence electrons. The summed E-state index contributed by atoms with van der Waals surface area (Å²) in [6.45, 7) is 6.11. The number of aryl methyl sites for hydroxylation is 2. The van der Waals surface area contributed by atoms with Crippen molar-refractivity contribution in [3.8, 4) is 28.5 Å². The fourth-order valence-electron chi connectivity index (χ4n) is 5.56. The molecule has 1 amide bonds. The van der Waals surface area contributed by atoms with Crippen LogP contribution >= 0.6 is 0 Å². The quantitative estimate of drug-likeness (QED) is 0.203. The van der Waals surface area contributed by atoms with Gasteiger partial charge in [-0.15, -0.1) is 10.2 Å². The number of likely N-dealkylation sites (N-methyl/N-ethyl adjacent to an activating group) is 2. The van der Waals surface area contributed by atoms with E-state index in [0.717, 1.165) is 49.1 Å². The summed E-state index contributed by atoms with van der Waals surface area (Å²) in [5.74, 6) is 0.907. The molecule has 6 rings (SSSR count). The molecule has 3 aromatic heterocycles. The molecule has 0 unspecified atom stereocenters. The van der Waals surface area contributed by atoms with Crippen LogP contribution in [0.15, 0.2) is 66.2 Å². The molecule has 0 fully saturated rings. The Morgan fingerprint density at radius 2 is 2.05 bits per heavy atom. The van der Waals surface area contributed by atoms with Crippen molar-refractivity contribution < 1.29 is 13.9 Å². The van der Waals surface area contributed by atoms with E-state index in [2.05, 4.69) is 71.2 Å². The molecule has 4 heterocycles. The van der Waals surface area contributed by atoms with Gasteiger partial charge in [0.15, 0.2) is 0 Å². The van der Waals surface area contributed by atoms with Crippen LogP contribution in [0.4, 0.5) is 23.0 Å². The number of anilines is 4. The summed E-state index contributed by atoms with van der Waals surface area (Å²) in [4.78, 5) is 26.2.